The van der Waals surface area contributed by atoms with E-state index in [1.54, 1.807) is 11.3 Å². The molecule has 7 nitrogen and oxygen atoms in total. The van der Waals surface area contributed by atoms with Crippen LogP contribution in [0.5, 0.6) is 0 Å². The highest BCUT2D eigenvalue weighted by atomic mass is 32.1. The summed E-state index contributed by atoms with van der Waals surface area (Å²) in [5, 5.41) is 25.1. The van der Waals surface area contributed by atoms with E-state index in [2.05, 4.69) is 38.1 Å². The number of nitrogens with one attached hydrogen (secondary N) is 2. The van der Waals surface area contributed by atoms with Crippen molar-refractivity contribution in [3.8, 4) is 0 Å². The number of thiophene rings is 1. The number of aromatic nitrogens is 2. The molecule has 11 heteroatoms. The van der Waals surface area contributed by atoms with E-state index in [9.17, 15) is 13.2 Å². The average molecular weight is 432 g/mol. The monoisotopic (exact) mass is 432 g/mol. The fourth-order valence-electron chi connectivity index (χ4n) is 2.55. The zero-order chi connectivity index (χ0) is 21.5. The van der Waals surface area contributed by atoms with Crippen LogP contribution in [0.25, 0.3) is 0 Å². The van der Waals surface area contributed by atoms with Crippen LogP contribution in [0.15, 0.2) is 23.6 Å². The third kappa shape index (κ3) is 7.86. The lowest BCUT2D eigenvalue weighted by molar-refractivity contribution is -0.192. The van der Waals surface area contributed by atoms with Gasteiger partial charge in [-0.25, -0.2) is 14.8 Å². The number of carbonyl (C=O) groups is 1. The van der Waals surface area contributed by atoms with Crippen LogP contribution in [0.1, 0.15) is 30.0 Å². The second kappa shape index (κ2) is 9.88. The molecule has 0 spiro atoms. The van der Waals surface area contributed by atoms with Crippen molar-refractivity contribution in [2.75, 3.05) is 23.8 Å². The molecular weight excluding hydrogens is 409 g/mol. The highest BCUT2D eigenvalue weighted by molar-refractivity contribution is 7.09. The topological polar surface area (TPSA) is 107 Å². The van der Waals surface area contributed by atoms with Crippen LogP contribution in [0.2, 0.25) is 0 Å². The van der Waals surface area contributed by atoms with E-state index in [0.717, 1.165) is 37.0 Å². The first-order chi connectivity index (χ1) is 13.6. The molecule has 0 aliphatic heterocycles. The van der Waals surface area contributed by atoms with Gasteiger partial charge in [-0.3, -0.25) is 0 Å². The first kappa shape index (κ1) is 22.9. The number of alkyl halides is 3. The number of carboxylic acids is 1. The first-order valence-electron chi connectivity index (χ1n) is 8.90. The highest BCUT2D eigenvalue weighted by Crippen LogP contribution is 2.48. The Morgan fingerprint density at radius 2 is 1.90 bits per heavy atom. The standard InChI is InChI=1S/C16H22N4OS.C2HF3O2/c1-12-19-14(17-10-13-3-2-8-22-13)9-15(20-12)18-11-16(4-5-16)6-7-21;3-2(4,5)1(6)7/h2-3,8-9,21H,4-7,10-11H2,1H3,(H2,17,18,19,20);(H,6,7). The van der Waals surface area contributed by atoms with Crippen molar-refractivity contribution < 1.29 is 28.2 Å². The Morgan fingerprint density at radius 3 is 2.38 bits per heavy atom. The average Bonchev–Trinajstić information content (AvgIpc) is 3.20. The maximum Gasteiger partial charge on any atom is 0.490 e. The van der Waals surface area contributed by atoms with Gasteiger partial charge in [0.2, 0.25) is 0 Å². The number of aliphatic hydroxyl groups is 1. The number of nitrogens with zero attached hydrogens (tertiary/aromatic N) is 2. The van der Waals surface area contributed by atoms with Crippen molar-refractivity contribution in [2.24, 2.45) is 5.41 Å². The van der Waals surface area contributed by atoms with E-state index in [0.29, 0.717) is 0 Å². The molecule has 0 aromatic carbocycles. The van der Waals surface area contributed by atoms with Gasteiger partial charge in [0.1, 0.15) is 17.5 Å². The molecule has 29 heavy (non-hydrogen) atoms. The van der Waals surface area contributed by atoms with Crippen LogP contribution in [-0.4, -0.2) is 45.5 Å². The third-order valence-electron chi connectivity index (χ3n) is 4.35. The lowest BCUT2D eigenvalue weighted by Gasteiger charge is -2.16. The summed E-state index contributed by atoms with van der Waals surface area (Å²) in [6, 6.07) is 6.11. The molecule has 1 aliphatic rings. The fraction of sp³-hybridized carbons (Fsp3) is 0.500. The van der Waals surface area contributed by atoms with Gasteiger partial charge in [-0.15, -0.1) is 11.3 Å². The van der Waals surface area contributed by atoms with Crippen molar-refractivity contribution in [3.63, 3.8) is 0 Å². The van der Waals surface area contributed by atoms with E-state index in [1.807, 2.05) is 13.0 Å². The maximum atomic E-state index is 10.6. The molecule has 0 amide bonds. The molecule has 0 radical (unpaired) electrons. The van der Waals surface area contributed by atoms with Crippen LogP contribution in [-0.2, 0) is 11.3 Å². The van der Waals surface area contributed by atoms with Gasteiger partial charge >= 0.3 is 12.1 Å². The van der Waals surface area contributed by atoms with Crippen molar-refractivity contribution in [3.05, 3.63) is 34.3 Å². The number of aliphatic hydroxyl groups excluding tert-OH is 1. The first-order valence-corrected chi connectivity index (χ1v) is 9.78. The van der Waals surface area contributed by atoms with Crippen molar-refractivity contribution in [2.45, 2.75) is 38.9 Å². The summed E-state index contributed by atoms with van der Waals surface area (Å²) < 4.78 is 31.7. The molecule has 4 N–H and O–H groups in total. The molecule has 1 saturated carbocycles. The number of anilines is 2. The van der Waals surface area contributed by atoms with Gasteiger partial charge in [0, 0.05) is 24.1 Å². The maximum absolute atomic E-state index is 10.6. The minimum Gasteiger partial charge on any atom is -0.475 e. The Bertz CT molecular complexity index is 796. The van der Waals surface area contributed by atoms with E-state index >= 15 is 0 Å². The number of hydrogen-bond acceptors (Lipinski definition) is 7. The van der Waals surface area contributed by atoms with Gasteiger partial charge in [-0.1, -0.05) is 6.07 Å². The molecular formula is C18H23F3N4O3S. The third-order valence-corrected chi connectivity index (χ3v) is 5.22. The van der Waals surface area contributed by atoms with E-state index in [4.69, 9.17) is 15.0 Å². The Labute approximate surface area is 170 Å². The smallest absolute Gasteiger partial charge is 0.475 e. The minimum atomic E-state index is -5.08. The Kier molecular flexibility index (Phi) is 7.80. The van der Waals surface area contributed by atoms with E-state index < -0.39 is 12.1 Å². The van der Waals surface area contributed by atoms with Gasteiger partial charge in [-0.2, -0.15) is 13.2 Å². The number of aliphatic carboxylic acids is 1. The molecule has 2 aromatic rings. The summed E-state index contributed by atoms with van der Waals surface area (Å²) in [4.78, 5) is 19.1. The second-order valence-corrected chi connectivity index (χ2v) is 7.78. The molecule has 3 rings (SSSR count). The quantitative estimate of drug-likeness (QED) is 0.504. The molecule has 1 aliphatic carbocycles. The Morgan fingerprint density at radius 1 is 1.28 bits per heavy atom. The minimum absolute atomic E-state index is 0.262. The molecule has 2 heterocycles. The molecule has 160 valence electrons. The molecule has 0 unspecified atom stereocenters. The predicted molar refractivity (Wildman–Crippen MR) is 104 cm³/mol. The normalized spacial score (nSPS) is 14.5. The molecule has 0 bridgehead atoms. The Balaban J connectivity index is 0.000000370. The van der Waals surface area contributed by atoms with Crippen LogP contribution >= 0.6 is 11.3 Å². The number of aryl methyl sites for hydroxylation is 1. The van der Waals surface area contributed by atoms with Crippen molar-refractivity contribution in [1.29, 1.82) is 0 Å². The highest BCUT2D eigenvalue weighted by Gasteiger charge is 2.41. The summed E-state index contributed by atoms with van der Waals surface area (Å²) in [5.74, 6) is -0.306. The molecule has 2 aromatic heterocycles. The molecule has 1 fully saturated rings. The number of halogens is 3. The predicted octanol–water partition coefficient (Wildman–Crippen LogP) is 3.67. The van der Waals surface area contributed by atoms with Crippen molar-refractivity contribution in [1.82, 2.24) is 9.97 Å². The van der Waals surface area contributed by atoms with Crippen molar-refractivity contribution >= 4 is 28.9 Å². The van der Waals surface area contributed by atoms with Gasteiger partial charge in [0.05, 0.1) is 6.54 Å². The summed E-state index contributed by atoms with van der Waals surface area (Å²) in [7, 11) is 0. The zero-order valence-electron chi connectivity index (χ0n) is 15.8. The number of hydrogen-bond donors (Lipinski definition) is 4. The van der Waals surface area contributed by atoms with Gasteiger partial charge < -0.3 is 20.8 Å². The van der Waals surface area contributed by atoms with E-state index in [1.165, 1.54) is 17.7 Å². The SMILES string of the molecule is Cc1nc(NCc2cccs2)cc(NCC2(CCO)CC2)n1.O=C(O)C(F)(F)F. The van der Waals surface area contributed by atoms with Crippen LogP contribution in [0.4, 0.5) is 24.8 Å². The zero-order valence-corrected chi connectivity index (χ0v) is 16.6. The van der Waals surface area contributed by atoms with Gasteiger partial charge in [0.25, 0.3) is 0 Å². The van der Waals surface area contributed by atoms with Gasteiger partial charge in [0.15, 0.2) is 0 Å². The van der Waals surface area contributed by atoms with Crippen LogP contribution in [0, 0.1) is 12.3 Å². The van der Waals surface area contributed by atoms with E-state index in [-0.39, 0.29) is 12.0 Å². The number of carboxylic acid groups (broad SMARTS) is 1. The molecule has 0 atom stereocenters. The Hall–Kier alpha value is -2.40. The van der Waals surface area contributed by atoms with Crippen LogP contribution < -0.4 is 10.6 Å². The molecule has 0 saturated heterocycles. The van der Waals surface area contributed by atoms with Gasteiger partial charge in [-0.05, 0) is 43.0 Å². The second-order valence-electron chi connectivity index (χ2n) is 6.75. The lowest BCUT2D eigenvalue weighted by atomic mass is 10.0. The largest absolute Gasteiger partial charge is 0.490 e. The number of rotatable bonds is 8. The lowest BCUT2D eigenvalue weighted by Crippen LogP contribution is -2.21. The summed E-state index contributed by atoms with van der Waals surface area (Å²) >= 11 is 1.73. The summed E-state index contributed by atoms with van der Waals surface area (Å²) in [5.41, 5.74) is 0.276. The fourth-order valence-corrected chi connectivity index (χ4v) is 3.19. The van der Waals surface area contributed by atoms with Crippen LogP contribution in [0.3, 0.4) is 0 Å². The summed E-state index contributed by atoms with van der Waals surface area (Å²) in [6.45, 7) is 3.82. The summed E-state index contributed by atoms with van der Waals surface area (Å²) in [6.07, 6.45) is -1.84.